The maximum absolute atomic E-state index is 9.61. The van der Waals surface area contributed by atoms with Crippen LogP contribution >= 0.6 is 0 Å². The van der Waals surface area contributed by atoms with E-state index in [1.807, 2.05) is 0 Å². The smallest absolute Gasteiger partial charge is 0.209 e. The molecule has 0 saturated carbocycles. The van der Waals surface area contributed by atoms with E-state index in [0.29, 0.717) is 6.54 Å². The molecule has 160 valence electrons. The molecular formula is C28H33N2O+. The van der Waals surface area contributed by atoms with Crippen LogP contribution in [0.25, 0.3) is 0 Å². The number of β-amino-alcohol motifs (C(OH)–C–C–N with tert-alkyl or cyclic N) is 1. The van der Waals surface area contributed by atoms with Crippen LogP contribution in [0.4, 0.5) is 11.4 Å². The van der Waals surface area contributed by atoms with Crippen LogP contribution in [0.3, 0.4) is 0 Å². The zero-order valence-corrected chi connectivity index (χ0v) is 19.3. The van der Waals surface area contributed by atoms with Gasteiger partial charge in [-0.05, 0) is 31.6 Å². The summed E-state index contributed by atoms with van der Waals surface area (Å²) >= 11 is 0. The van der Waals surface area contributed by atoms with E-state index in [1.54, 1.807) is 0 Å². The van der Waals surface area contributed by atoms with Crippen molar-refractivity contribution in [3.8, 4) is 0 Å². The molecule has 3 heteroatoms. The molecule has 0 unspecified atom stereocenters. The third-order valence-electron chi connectivity index (χ3n) is 6.79. The summed E-state index contributed by atoms with van der Waals surface area (Å²) in [7, 11) is 2.14. The zero-order valence-electron chi connectivity index (χ0n) is 19.3. The Kier molecular flexibility index (Phi) is 5.49. The van der Waals surface area contributed by atoms with Gasteiger partial charge in [0, 0.05) is 41.1 Å². The van der Waals surface area contributed by atoms with Crippen LogP contribution in [0.2, 0.25) is 0 Å². The molecule has 0 saturated heterocycles. The van der Waals surface area contributed by atoms with Crippen molar-refractivity contribution in [1.29, 1.82) is 0 Å². The SMILES string of the molecule is C[N+]1=C(/C=C/C=C/C=C2\N(CCO)c3ccccc3C2(C)C)C(C)(C)c2ccccc21. The van der Waals surface area contributed by atoms with E-state index < -0.39 is 0 Å². The second-order valence-corrected chi connectivity index (χ2v) is 9.40. The van der Waals surface area contributed by atoms with Crippen molar-refractivity contribution in [1.82, 2.24) is 0 Å². The van der Waals surface area contributed by atoms with Gasteiger partial charge in [-0.3, -0.25) is 0 Å². The average molecular weight is 414 g/mol. The average Bonchev–Trinajstić information content (AvgIpc) is 3.08. The molecule has 1 N–H and O–H groups in total. The second kappa shape index (κ2) is 7.97. The summed E-state index contributed by atoms with van der Waals surface area (Å²) in [5, 5.41) is 9.61. The lowest BCUT2D eigenvalue weighted by atomic mass is 9.81. The fourth-order valence-corrected chi connectivity index (χ4v) is 5.14. The van der Waals surface area contributed by atoms with Gasteiger partial charge in [0.25, 0.3) is 0 Å². The minimum atomic E-state index is -0.0934. The third kappa shape index (κ3) is 3.47. The van der Waals surface area contributed by atoms with E-state index >= 15 is 0 Å². The highest BCUT2D eigenvalue weighted by atomic mass is 16.3. The number of rotatable bonds is 5. The quantitative estimate of drug-likeness (QED) is 0.519. The predicted octanol–water partition coefficient (Wildman–Crippen LogP) is 5.48. The van der Waals surface area contributed by atoms with Crippen molar-refractivity contribution < 1.29 is 9.68 Å². The van der Waals surface area contributed by atoms with E-state index in [2.05, 4.69) is 123 Å². The van der Waals surface area contributed by atoms with Crippen molar-refractivity contribution in [2.75, 3.05) is 25.1 Å². The Bertz CT molecular complexity index is 1120. The highest BCUT2D eigenvalue weighted by Gasteiger charge is 2.42. The number of fused-ring (bicyclic) bond motifs is 2. The minimum absolute atomic E-state index is 0.0127. The summed E-state index contributed by atoms with van der Waals surface area (Å²) < 4.78 is 2.29. The third-order valence-corrected chi connectivity index (χ3v) is 6.79. The first-order valence-corrected chi connectivity index (χ1v) is 11.0. The Balaban J connectivity index is 1.59. The molecule has 0 aliphatic carbocycles. The van der Waals surface area contributed by atoms with Crippen LogP contribution in [0.5, 0.6) is 0 Å². The summed E-state index contributed by atoms with van der Waals surface area (Å²) in [5.74, 6) is 0. The van der Waals surface area contributed by atoms with Gasteiger partial charge in [-0.25, -0.2) is 0 Å². The molecule has 4 rings (SSSR count). The van der Waals surface area contributed by atoms with E-state index in [4.69, 9.17) is 0 Å². The Morgan fingerprint density at radius 2 is 1.55 bits per heavy atom. The summed E-state index contributed by atoms with van der Waals surface area (Å²) in [6, 6.07) is 17.1. The van der Waals surface area contributed by atoms with Gasteiger partial charge in [0.15, 0.2) is 5.71 Å². The molecule has 2 aromatic carbocycles. The molecular weight excluding hydrogens is 380 g/mol. The Morgan fingerprint density at radius 3 is 2.26 bits per heavy atom. The fourth-order valence-electron chi connectivity index (χ4n) is 5.14. The highest BCUT2D eigenvalue weighted by Crippen LogP contribution is 2.47. The normalized spacial score (nSPS) is 20.3. The first kappa shape index (κ1) is 21.3. The molecule has 2 aromatic rings. The molecule has 0 aromatic heterocycles. The van der Waals surface area contributed by atoms with Gasteiger partial charge < -0.3 is 10.0 Å². The van der Waals surface area contributed by atoms with Crippen LogP contribution in [-0.2, 0) is 10.8 Å². The number of nitrogens with zero attached hydrogens (tertiary/aromatic N) is 2. The van der Waals surface area contributed by atoms with Gasteiger partial charge in [-0.1, -0.05) is 68.5 Å². The van der Waals surface area contributed by atoms with Gasteiger partial charge in [0.2, 0.25) is 5.69 Å². The van der Waals surface area contributed by atoms with Crippen LogP contribution in [0.15, 0.2) is 84.6 Å². The van der Waals surface area contributed by atoms with Gasteiger partial charge in [-0.15, -0.1) is 0 Å². The number of para-hydroxylation sites is 2. The number of hydrogen-bond acceptors (Lipinski definition) is 2. The molecule has 3 nitrogen and oxygen atoms in total. The topological polar surface area (TPSA) is 26.5 Å². The predicted molar refractivity (Wildman–Crippen MR) is 131 cm³/mol. The molecule has 0 atom stereocenters. The first-order chi connectivity index (χ1) is 14.8. The number of benzene rings is 2. The summed E-state index contributed by atoms with van der Waals surface area (Å²) in [6.07, 6.45) is 10.7. The highest BCUT2D eigenvalue weighted by molar-refractivity contribution is 6.03. The molecule has 2 aliphatic rings. The number of anilines is 1. The lowest BCUT2D eigenvalue weighted by Crippen LogP contribution is -2.28. The number of aliphatic hydroxyl groups is 1. The van der Waals surface area contributed by atoms with Crippen molar-refractivity contribution in [3.63, 3.8) is 0 Å². The molecule has 2 heterocycles. The van der Waals surface area contributed by atoms with Crippen LogP contribution in [-0.4, -0.2) is 35.6 Å². The molecule has 31 heavy (non-hydrogen) atoms. The largest absolute Gasteiger partial charge is 0.395 e. The van der Waals surface area contributed by atoms with Crippen molar-refractivity contribution >= 4 is 17.1 Å². The second-order valence-electron chi connectivity index (χ2n) is 9.40. The molecule has 0 bridgehead atoms. The van der Waals surface area contributed by atoms with Gasteiger partial charge in [0.05, 0.1) is 12.0 Å². The standard InChI is InChI=1S/C28H33N2O/c1-27(2)21-13-9-11-15-23(21)29(5)25(27)17-7-6-8-18-26-28(3,4)22-14-10-12-16-24(22)30(26)19-20-31/h6-18,31H,19-20H2,1-5H3/q+1. The van der Waals surface area contributed by atoms with E-state index in [0.717, 1.165) is 0 Å². The van der Waals surface area contributed by atoms with Crippen LogP contribution < -0.4 is 4.90 Å². The van der Waals surface area contributed by atoms with Gasteiger partial charge in [-0.2, -0.15) is 4.58 Å². The summed E-state index contributed by atoms with van der Waals surface area (Å²) in [4.78, 5) is 2.24. The monoisotopic (exact) mass is 413 g/mol. The fraction of sp³-hybridized carbons (Fsp3) is 0.321. The molecule has 0 fully saturated rings. The Hall–Kier alpha value is -2.91. The lowest BCUT2D eigenvalue weighted by Gasteiger charge is -2.26. The maximum atomic E-state index is 9.61. The molecule has 0 radical (unpaired) electrons. The van der Waals surface area contributed by atoms with Crippen molar-refractivity contribution in [2.24, 2.45) is 0 Å². The number of hydrogen-bond donors (Lipinski definition) is 1. The molecule has 2 aliphatic heterocycles. The van der Waals surface area contributed by atoms with Gasteiger partial charge >= 0.3 is 0 Å². The van der Waals surface area contributed by atoms with Crippen LogP contribution in [0, 0.1) is 0 Å². The van der Waals surface area contributed by atoms with Crippen molar-refractivity contribution in [2.45, 2.75) is 38.5 Å². The van der Waals surface area contributed by atoms with Crippen molar-refractivity contribution in [3.05, 3.63) is 95.7 Å². The minimum Gasteiger partial charge on any atom is -0.395 e. The molecule has 0 amide bonds. The molecule has 0 spiro atoms. The number of allylic oxidation sites excluding steroid dienone is 6. The zero-order chi connectivity index (χ0) is 22.2. The Labute approximate surface area is 186 Å². The first-order valence-electron chi connectivity index (χ1n) is 11.0. The maximum Gasteiger partial charge on any atom is 0.209 e. The van der Waals surface area contributed by atoms with Gasteiger partial charge in [0.1, 0.15) is 7.05 Å². The van der Waals surface area contributed by atoms with E-state index in [-0.39, 0.29) is 17.4 Å². The Morgan fingerprint density at radius 1 is 0.871 bits per heavy atom. The lowest BCUT2D eigenvalue weighted by molar-refractivity contribution is -0.401. The van der Waals surface area contributed by atoms with E-state index in [1.165, 1.54) is 33.9 Å². The summed E-state index contributed by atoms with van der Waals surface area (Å²) in [6.45, 7) is 9.80. The van der Waals surface area contributed by atoms with E-state index in [9.17, 15) is 5.11 Å². The summed E-state index contributed by atoms with van der Waals surface area (Å²) in [5.41, 5.74) is 7.55. The number of aliphatic hydroxyl groups excluding tert-OH is 1. The van der Waals surface area contributed by atoms with Crippen LogP contribution in [0.1, 0.15) is 38.8 Å².